The number of phenolic OH excluding ortho intramolecular Hbond substituents is 2. The molecule has 2 aromatic rings. The highest BCUT2D eigenvalue weighted by Gasteiger charge is 2.50. The summed E-state index contributed by atoms with van der Waals surface area (Å²) in [5.74, 6) is -5.47. The molecule has 7 aliphatic heterocycles. The first-order valence-corrected chi connectivity index (χ1v) is 26.7. The smallest absolute Gasteiger partial charge is 0.410 e. The Morgan fingerprint density at radius 3 is 2.19 bits per heavy atom. The van der Waals surface area contributed by atoms with Gasteiger partial charge in [0.05, 0.1) is 40.9 Å². The van der Waals surface area contributed by atoms with Crippen molar-refractivity contribution >= 4 is 34.2 Å². The lowest BCUT2D eigenvalue weighted by molar-refractivity contribution is -0.112. The highest BCUT2D eigenvalue weighted by Crippen LogP contribution is 2.50. The molecule has 3 saturated heterocycles. The van der Waals surface area contributed by atoms with E-state index in [1.54, 1.807) is 56.9 Å². The summed E-state index contributed by atoms with van der Waals surface area (Å²) in [6, 6.07) is 0. The third-order valence-corrected chi connectivity index (χ3v) is 16.7. The van der Waals surface area contributed by atoms with Crippen LogP contribution in [0.5, 0.6) is 17.2 Å². The maximum atomic E-state index is 15.0. The van der Waals surface area contributed by atoms with Crippen molar-refractivity contribution in [2.45, 2.75) is 143 Å². The molecule has 2 amide bonds. The number of ketones is 1. The van der Waals surface area contributed by atoms with Crippen LogP contribution in [0.4, 0.5) is 10.5 Å². The summed E-state index contributed by atoms with van der Waals surface area (Å²) in [5.41, 5.74) is -0.557. The Labute approximate surface area is 430 Å². The minimum atomic E-state index is -1.97. The second kappa shape index (κ2) is 22.0. The number of phenols is 2. The summed E-state index contributed by atoms with van der Waals surface area (Å²) >= 11 is 0. The van der Waals surface area contributed by atoms with E-state index < -0.39 is 83.1 Å². The number of fused-ring (bicyclic) bond motifs is 13. The molecule has 0 aromatic heterocycles. The number of aliphatic hydroxyl groups is 2. The maximum absolute atomic E-state index is 15.0. The fourth-order valence-corrected chi connectivity index (χ4v) is 12.0. The summed E-state index contributed by atoms with van der Waals surface area (Å²) < 4.78 is 25.1. The molecule has 3 fully saturated rings. The SMILES string of the molecule is CO[C@H]1/C=C/O[C@@]2(C)Oc3c(C)c(O)c4c(O)c(c5c(c4c3C2=O)=NC2(CCN(CC(C)C)CC2)N=5)NC(=O)/C(C)=C\C=C\[C@H](C)[C@H](O)[C@@H](C)[C@@H](O)[C@@H](C)[C@H](OC(=O)N2CCC(CN3CCCCC3)CC2)[C@@H]1C. The van der Waals surface area contributed by atoms with Crippen molar-refractivity contribution in [3.05, 3.63) is 58.0 Å². The predicted octanol–water partition coefficient (Wildman–Crippen LogP) is 6.52. The second-order valence-corrected chi connectivity index (χ2v) is 22.5. The maximum Gasteiger partial charge on any atom is 0.410 e. The van der Waals surface area contributed by atoms with Gasteiger partial charge < -0.3 is 59.4 Å². The molecular formula is C56H80N6O11. The summed E-state index contributed by atoms with van der Waals surface area (Å²) in [6.07, 6.45) is 10.1. The number of hydrogen-bond acceptors (Lipinski definition) is 15. The number of allylic oxidation sites excluding steroid dienone is 2. The third-order valence-electron chi connectivity index (χ3n) is 16.7. The monoisotopic (exact) mass is 1010 g/mol. The number of likely N-dealkylation sites (tertiary alicyclic amines) is 3. The third kappa shape index (κ3) is 10.9. The first-order valence-electron chi connectivity index (χ1n) is 26.7. The van der Waals surface area contributed by atoms with E-state index in [9.17, 15) is 34.8 Å². The van der Waals surface area contributed by atoms with E-state index in [0.29, 0.717) is 50.9 Å². The topological polar surface area (TPSA) is 216 Å². The van der Waals surface area contributed by atoms with Crippen molar-refractivity contribution in [1.29, 1.82) is 0 Å². The van der Waals surface area contributed by atoms with Gasteiger partial charge in [0.15, 0.2) is 11.4 Å². The van der Waals surface area contributed by atoms with Gasteiger partial charge >= 0.3 is 11.9 Å². The first kappa shape index (κ1) is 54.2. The Balaban J connectivity index is 1.16. The minimum Gasteiger partial charge on any atom is -0.507 e. The summed E-state index contributed by atoms with van der Waals surface area (Å²) in [7, 11) is 1.51. The molecule has 0 saturated carbocycles. The molecule has 5 bridgehead atoms. The number of aromatic hydroxyl groups is 2. The van der Waals surface area contributed by atoms with E-state index in [-0.39, 0.29) is 55.4 Å². The zero-order valence-electron chi connectivity index (χ0n) is 44.6. The number of amides is 2. The van der Waals surface area contributed by atoms with Gasteiger partial charge in [-0.05, 0) is 70.5 Å². The number of hydrogen-bond donors (Lipinski definition) is 5. The van der Waals surface area contributed by atoms with Gasteiger partial charge in [-0.3, -0.25) is 19.6 Å². The molecule has 17 nitrogen and oxygen atoms in total. The van der Waals surface area contributed by atoms with Crippen molar-refractivity contribution in [2.75, 3.05) is 64.8 Å². The van der Waals surface area contributed by atoms with Crippen LogP contribution in [0.3, 0.4) is 0 Å². The fraction of sp³-hybridized carbons (Fsp3) is 0.661. The number of methoxy groups -OCH3 is 1. The van der Waals surface area contributed by atoms with Gasteiger partial charge in [0.2, 0.25) is 0 Å². The van der Waals surface area contributed by atoms with Crippen molar-refractivity contribution in [2.24, 2.45) is 45.5 Å². The summed E-state index contributed by atoms with van der Waals surface area (Å²) in [4.78, 5) is 60.3. The largest absolute Gasteiger partial charge is 0.507 e. The van der Waals surface area contributed by atoms with Gasteiger partial charge in [-0.1, -0.05) is 66.2 Å². The van der Waals surface area contributed by atoms with E-state index in [1.165, 1.54) is 39.6 Å². The molecule has 7 heterocycles. The normalized spacial score (nSPS) is 32.3. The molecule has 17 heteroatoms. The average molecular weight is 1010 g/mol. The van der Waals surface area contributed by atoms with Crippen LogP contribution >= 0.6 is 0 Å². The van der Waals surface area contributed by atoms with E-state index in [2.05, 4.69) is 29.0 Å². The van der Waals surface area contributed by atoms with Crippen LogP contribution in [0.15, 0.2) is 46.1 Å². The molecule has 1 spiro atoms. The zero-order chi connectivity index (χ0) is 52.7. The van der Waals surface area contributed by atoms with Crippen LogP contribution in [-0.2, 0) is 19.0 Å². The molecule has 0 radical (unpaired) electrons. The Hall–Kier alpha value is -5.07. The van der Waals surface area contributed by atoms with E-state index >= 15 is 0 Å². The molecule has 0 aliphatic carbocycles. The molecule has 0 unspecified atom stereocenters. The van der Waals surface area contributed by atoms with Gasteiger partial charge in [0.25, 0.3) is 11.7 Å². The summed E-state index contributed by atoms with van der Waals surface area (Å²) in [5, 5.41) is 51.3. The number of rotatable bonds is 6. The molecule has 400 valence electrons. The van der Waals surface area contributed by atoms with E-state index in [4.69, 9.17) is 28.9 Å². The van der Waals surface area contributed by atoms with Gasteiger partial charge in [-0.2, -0.15) is 0 Å². The molecule has 2 aromatic carbocycles. The minimum absolute atomic E-state index is 0.0435. The zero-order valence-corrected chi connectivity index (χ0v) is 44.6. The van der Waals surface area contributed by atoms with Gasteiger partial charge in [0, 0.05) is 106 Å². The predicted molar refractivity (Wildman–Crippen MR) is 277 cm³/mol. The molecule has 9 atom stereocenters. The number of aliphatic hydroxyl groups excluding tert-OH is 2. The number of piperidine rings is 3. The molecule has 7 aliphatic rings. The first-order chi connectivity index (χ1) is 34.7. The number of benzene rings is 2. The van der Waals surface area contributed by atoms with E-state index in [1.807, 2.05) is 13.8 Å². The van der Waals surface area contributed by atoms with Crippen LogP contribution < -0.4 is 20.8 Å². The number of Topliss-reactive ketones (excluding diaryl/α,β-unsaturated/α-hetero) is 1. The van der Waals surface area contributed by atoms with Crippen LogP contribution in [0.1, 0.15) is 116 Å². The Bertz CT molecular complexity index is 2630. The number of carbonyl (C=O) groups is 3. The van der Waals surface area contributed by atoms with Crippen molar-refractivity contribution in [3.63, 3.8) is 0 Å². The highest BCUT2D eigenvalue weighted by molar-refractivity contribution is 6.19. The van der Waals surface area contributed by atoms with Crippen LogP contribution in [0.2, 0.25) is 0 Å². The van der Waals surface area contributed by atoms with Crippen LogP contribution in [-0.4, -0.2) is 148 Å². The van der Waals surface area contributed by atoms with E-state index in [0.717, 1.165) is 39.0 Å². The molecule has 73 heavy (non-hydrogen) atoms. The van der Waals surface area contributed by atoms with Gasteiger partial charge in [0.1, 0.15) is 28.6 Å². The lowest BCUT2D eigenvalue weighted by Crippen LogP contribution is -2.49. The van der Waals surface area contributed by atoms with Gasteiger partial charge in [-0.25, -0.2) is 4.79 Å². The Morgan fingerprint density at radius 1 is 0.863 bits per heavy atom. The van der Waals surface area contributed by atoms with Crippen molar-refractivity contribution < 1.29 is 53.8 Å². The number of anilines is 1. The summed E-state index contributed by atoms with van der Waals surface area (Å²) in [6.45, 7) is 22.9. The number of ether oxygens (including phenoxy) is 4. The number of nitrogens with zero attached hydrogens (tertiary/aromatic N) is 5. The second-order valence-electron chi connectivity index (χ2n) is 22.5. The Morgan fingerprint density at radius 2 is 1.53 bits per heavy atom. The van der Waals surface area contributed by atoms with Crippen molar-refractivity contribution in [1.82, 2.24) is 14.7 Å². The van der Waals surface area contributed by atoms with Crippen molar-refractivity contribution in [3.8, 4) is 17.2 Å². The van der Waals surface area contributed by atoms with Crippen LogP contribution in [0.25, 0.3) is 10.8 Å². The standard InChI is InChI=1S/C56H80N6O11/c1-31(2)29-61-26-20-56(21-27-61)58-43-40-41-48(65)37(8)51-42(40)52(67)55(9,73-51)71-28-19-39(70-10)34(5)50(72-54(69)62-24-17-38(18-25-62)30-60-22-12-11-13-23-60)36(7)47(64)35(6)46(63)32(3)15-14-16-33(4)53(68)57-45(49(41)66)44(43)59-56/h14-16,19,28,31-32,34-36,38-39,46-47,50,63-66H,11-13,17-18,20-27,29-30H2,1-10H3,(H,57,68)/b15-14+,28-19+,33-16-/t32-,34+,35+,36+,39-,46-,47+,50+,55-/m0/s1. The molecular weight excluding hydrogens is 933 g/mol. The number of nitrogens with one attached hydrogen (secondary N) is 1. The Kier molecular flexibility index (Phi) is 16.4. The quantitative estimate of drug-likeness (QED) is 0.195. The lowest BCUT2D eigenvalue weighted by Gasteiger charge is -2.40. The fourth-order valence-electron chi connectivity index (χ4n) is 12.0. The number of carbonyl (C=O) groups excluding carboxylic acids is 3. The highest BCUT2D eigenvalue weighted by atomic mass is 16.7. The lowest BCUT2D eigenvalue weighted by atomic mass is 9.78. The van der Waals surface area contributed by atoms with Gasteiger partial charge in [-0.15, -0.1) is 0 Å². The molecule has 9 rings (SSSR count). The van der Waals surface area contributed by atoms with Crippen LogP contribution in [0, 0.1) is 42.4 Å². The average Bonchev–Trinajstić information content (AvgIpc) is 3.87. The molecule has 5 N–H and O–H groups in total.